The molecule has 0 aliphatic carbocycles. The minimum atomic E-state index is 0.398. The summed E-state index contributed by atoms with van der Waals surface area (Å²) in [6.45, 7) is 3.99. The first kappa shape index (κ1) is 10.2. The summed E-state index contributed by atoms with van der Waals surface area (Å²) < 4.78 is 2.06. The first-order valence-corrected chi connectivity index (χ1v) is 7.56. The van der Waals surface area contributed by atoms with Crippen molar-refractivity contribution in [3.8, 4) is 5.75 Å². The van der Waals surface area contributed by atoms with Crippen LogP contribution < -0.4 is 0 Å². The average Bonchev–Trinajstić information content (AvgIpc) is 2.58. The second-order valence-electron chi connectivity index (χ2n) is 3.33. The molecule has 0 spiro atoms. The molecule has 0 saturated carbocycles. The number of nitrogens with zero attached hydrogens (tertiary/aromatic N) is 1. The van der Waals surface area contributed by atoms with Crippen molar-refractivity contribution in [2.75, 3.05) is 0 Å². The second kappa shape index (κ2) is 3.66. The van der Waals surface area contributed by atoms with E-state index in [1.54, 1.807) is 9.12 Å². The molecule has 0 aliphatic rings. The summed E-state index contributed by atoms with van der Waals surface area (Å²) in [5.41, 5.74) is 3.24. The predicted molar refractivity (Wildman–Crippen MR) is 70.1 cm³/mol. The molecule has 0 saturated heterocycles. The SMILES string of the molecule is Cc1cc(C)c2c(ccn2SI)c1O. The number of hydrogen-bond donors (Lipinski definition) is 1. The number of aryl methyl sites for hydroxylation is 2. The fourth-order valence-electron chi connectivity index (χ4n) is 1.72. The van der Waals surface area contributed by atoms with Gasteiger partial charge in [-0.3, -0.25) is 3.97 Å². The normalized spacial score (nSPS) is 11.1. The number of hydrogen-bond acceptors (Lipinski definition) is 2. The lowest BCUT2D eigenvalue weighted by atomic mass is 10.1. The summed E-state index contributed by atoms with van der Waals surface area (Å²) in [5, 5.41) is 10.8. The summed E-state index contributed by atoms with van der Waals surface area (Å²) in [6, 6.07) is 3.97. The van der Waals surface area contributed by atoms with Gasteiger partial charge in [0.05, 0.1) is 5.52 Å². The number of phenols is 1. The van der Waals surface area contributed by atoms with E-state index in [1.807, 2.05) is 25.3 Å². The molecule has 14 heavy (non-hydrogen) atoms. The maximum absolute atomic E-state index is 9.87. The molecule has 1 aromatic heterocycles. The topological polar surface area (TPSA) is 25.2 Å². The van der Waals surface area contributed by atoms with Crippen LogP contribution in [0.3, 0.4) is 0 Å². The molecule has 1 heterocycles. The molecule has 1 N–H and O–H groups in total. The van der Waals surface area contributed by atoms with Gasteiger partial charge in [-0.25, -0.2) is 0 Å². The monoisotopic (exact) mass is 319 g/mol. The third-order valence-electron chi connectivity index (χ3n) is 2.36. The highest BCUT2D eigenvalue weighted by molar-refractivity contribution is 14.2. The van der Waals surface area contributed by atoms with E-state index in [9.17, 15) is 5.11 Å². The Labute approximate surface area is 99.0 Å². The number of fused-ring (bicyclic) bond motifs is 1. The van der Waals surface area contributed by atoms with E-state index >= 15 is 0 Å². The Hall–Kier alpha value is -0.360. The summed E-state index contributed by atoms with van der Waals surface area (Å²) in [6.07, 6.45) is 1.98. The number of aromatic hydroxyl groups is 1. The Bertz CT molecular complexity index is 492. The van der Waals surface area contributed by atoms with E-state index in [1.165, 1.54) is 5.56 Å². The van der Waals surface area contributed by atoms with Crippen molar-refractivity contribution in [3.05, 3.63) is 29.5 Å². The predicted octanol–water partition coefficient (Wildman–Crippen LogP) is 3.81. The average molecular weight is 319 g/mol. The fraction of sp³-hybridized carbons (Fsp3) is 0.200. The zero-order chi connectivity index (χ0) is 10.3. The van der Waals surface area contributed by atoms with Crippen LogP contribution in [0.5, 0.6) is 5.75 Å². The van der Waals surface area contributed by atoms with Crippen LogP contribution in [0.2, 0.25) is 0 Å². The molecule has 0 atom stereocenters. The lowest BCUT2D eigenvalue weighted by Gasteiger charge is -2.06. The third-order valence-corrected chi connectivity index (χ3v) is 4.09. The van der Waals surface area contributed by atoms with Crippen LogP contribution in [-0.4, -0.2) is 9.08 Å². The van der Waals surface area contributed by atoms with Crippen molar-refractivity contribution in [2.24, 2.45) is 0 Å². The standard InChI is InChI=1S/C10H10INOS/c1-6-5-7(2)10(13)8-3-4-12(14-11)9(6)8/h3-5,13H,1-2H3. The van der Waals surface area contributed by atoms with Gasteiger partial charge in [-0.15, -0.1) is 0 Å². The van der Waals surface area contributed by atoms with Gasteiger partial charge in [0.15, 0.2) is 0 Å². The third kappa shape index (κ3) is 1.40. The molecular formula is C10H10INOS. The minimum Gasteiger partial charge on any atom is -0.507 e. The van der Waals surface area contributed by atoms with E-state index in [0.29, 0.717) is 5.75 Å². The highest BCUT2D eigenvalue weighted by Gasteiger charge is 2.10. The Balaban J connectivity index is 2.90. The van der Waals surface area contributed by atoms with Gasteiger partial charge in [0.25, 0.3) is 0 Å². The van der Waals surface area contributed by atoms with Crippen molar-refractivity contribution >= 4 is 41.2 Å². The van der Waals surface area contributed by atoms with Gasteiger partial charge in [0.1, 0.15) is 5.75 Å². The Morgan fingerprint density at radius 3 is 2.71 bits per heavy atom. The summed E-state index contributed by atoms with van der Waals surface area (Å²) >= 11 is 2.23. The van der Waals surface area contributed by atoms with E-state index in [2.05, 4.69) is 32.1 Å². The highest BCUT2D eigenvalue weighted by Crippen LogP contribution is 2.34. The lowest BCUT2D eigenvalue weighted by molar-refractivity contribution is 0.477. The number of benzene rings is 1. The van der Waals surface area contributed by atoms with Crippen LogP contribution in [0, 0.1) is 13.8 Å². The number of rotatable bonds is 1. The molecular weight excluding hydrogens is 309 g/mol. The largest absolute Gasteiger partial charge is 0.507 e. The minimum absolute atomic E-state index is 0.398. The van der Waals surface area contributed by atoms with Gasteiger partial charge in [-0.2, -0.15) is 0 Å². The van der Waals surface area contributed by atoms with Crippen LogP contribution in [-0.2, 0) is 0 Å². The van der Waals surface area contributed by atoms with E-state index < -0.39 is 0 Å². The Morgan fingerprint density at radius 1 is 1.36 bits per heavy atom. The van der Waals surface area contributed by atoms with Crippen LogP contribution in [0.25, 0.3) is 10.9 Å². The maximum atomic E-state index is 9.87. The molecule has 74 valence electrons. The fourth-order valence-corrected chi connectivity index (χ4v) is 3.13. The van der Waals surface area contributed by atoms with E-state index in [4.69, 9.17) is 0 Å². The number of aromatic nitrogens is 1. The van der Waals surface area contributed by atoms with Gasteiger partial charge in [-0.1, -0.05) is 6.07 Å². The van der Waals surface area contributed by atoms with Gasteiger partial charge in [0.2, 0.25) is 0 Å². The van der Waals surface area contributed by atoms with Crippen LogP contribution in [0.15, 0.2) is 18.3 Å². The smallest absolute Gasteiger partial charge is 0.127 e. The Morgan fingerprint density at radius 2 is 2.07 bits per heavy atom. The Kier molecular flexibility index (Phi) is 2.66. The molecule has 0 bridgehead atoms. The molecule has 0 fully saturated rings. The van der Waals surface area contributed by atoms with E-state index in [-0.39, 0.29) is 0 Å². The van der Waals surface area contributed by atoms with Crippen molar-refractivity contribution in [2.45, 2.75) is 13.8 Å². The molecule has 2 nitrogen and oxygen atoms in total. The van der Waals surface area contributed by atoms with Gasteiger partial charge < -0.3 is 5.11 Å². The van der Waals surface area contributed by atoms with Crippen LogP contribution >= 0.6 is 30.3 Å². The van der Waals surface area contributed by atoms with Crippen LogP contribution in [0.4, 0.5) is 0 Å². The zero-order valence-corrected chi connectivity index (χ0v) is 10.9. The molecule has 0 aliphatic heterocycles. The quantitative estimate of drug-likeness (QED) is 0.809. The maximum Gasteiger partial charge on any atom is 0.127 e. The molecule has 0 amide bonds. The van der Waals surface area contributed by atoms with Gasteiger partial charge in [0, 0.05) is 41.9 Å². The first-order chi connectivity index (χ1) is 6.65. The van der Waals surface area contributed by atoms with Crippen molar-refractivity contribution in [1.29, 1.82) is 0 Å². The molecule has 0 unspecified atom stereocenters. The first-order valence-electron chi connectivity index (χ1n) is 4.24. The van der Waals surface area contributed by atoms with Gasteiger partial charge >= 0.3 is 0 Å². The van der Waals surface area contributed by atoms with Crippen molar-refractivity contribution in [3.63, 3.8) is 0 Å². The van der Waals surface area contributed by atoms with Crippen molar-refractivity contribution < 1.29 is 5.11 Å². The van der Waals surface area contributed by atoms with E-state index in [0.717, 1.165) is 16.5 Å². The summed E-state index contributed by atoms with van der Waals surface area (Å²) in [5.74, 6) is 0.398. The molecule has 2 rings (SSSR count). The van der Waals surface area contributed by atoms with Gasteiger partial charge in [-0.05, 0) is 31.0 Å². The second-order valence-corrected chi connectivity index (χ2v) is 5.04. The summed E-state index contributed by atoms with van der Waals surface area (Å²) in [4.78, 5) is 0. The molecule has 4 heteroatoms. The van der Waals surface area contributed by atoms with Crippen molar-refractivity contribution in [1.82, 2.24) is 3.97 Å². The van der Waals surface area contributed by atoms with Crippen LogP contribution in [0.1, 0.15) is 11.1 Å². The number of halogens is 1. The zero-order valence-electron chi connectivity index (χ0n) is 7.91. The molecule has 0 radical (unpaired) electrons. The highest BCUT2D eigenvalue weighted by atomic mass is 127. The summed E-state index contributed by atoms with van der Waals surface area (Å²) in [7, 11) is 1.61. The lowest BCUT2D eigenvalue weighted by Crippen LogP contribution is -1.86. The number of phenolic OH excluding ortho intramolecular Hbond substituents is 1. The molecule has 1 aromatic carbocycles. The molecule has 2 aromatic rings.